The first-order valence-corrected chi connectivity index (χ1v) is 5.92. The predicted molar refractivity (Wildman–Crippen MR) is 72.0 cm³/mol. The molecule has 0 spiro atoms. The molecular weight excluding hydrogens is 208 g/mol. The lowest BCUT2D eigenvalue weighted by molar-refractivity contribution is 0.582. The largest absolute Gasteiger partial charge is 0.464 e. The van der Waals surface area contributed by atoms with Crippen molar-refractivity contribution in [2.24, 2.45) is 0 Å². The fourth-order valence-electron chi connectivity index (χ4n) is 2.02. The van der Waals surface area contributed by atoms with E-state index in [-0.39, 0.29) is 5.41 Å². The minimum atomic E-state index is 0.0798. The normalized spacial score (nSPS) is 12.2. The number of allylic oxidation sites excluding steroid dienone is 2. The van der Waals surface area contributed by atoms with Gasteiger partial charge < -0.3 is 4.42 Å². The van der Waals surface area contributed by atoms with E-state index in [2.05, 4.69) is 57.2 Å². The van der Waals surface area contributed by atoms with Crippen LogP contribution in [-0.4, -0.2) is 0 Å². The molecule has 0 aliphatic carbocycles. The lowest BCUT2D eigenvalue weighted by atomic mass is 9.84. The van der Waals surface area contributed by atoms with Gasteiger partial charge in [-0.15, -0.1) is 0 Å². The molecule has 88 valence electrons. The molecule has 1 heterocycles. The molecule has 0 aliphatic heterocycles. The van der Waals surface area contributed by atoms with Crippen LogP contribution in [-0.2, 0) is 5.41 Å². The van der Waals surface area contributed by atoms with E-state index < -0.39 is 0 Å². The Balaban J connectivity index is 2.30. The molecule has 0 amide bonds. The summed E-state index contributed by atoms with van der Waals surface area (Å²) in [7, 11) is 0. The predicted octanol–water partition coefficient (Wildman–Crippen LogP) is 4.80. The zero-order chi connectivity index (χ0) is 12.3. The van der Waals surface area contributed by atoms with Crippen LogP contribution in [0.3, 0.4) is 0 Å². The van der Waals surface area contributed by atoms with Crippen LogP contribution in [0.1, 0.15) is 26.3 Å². The maximum absolute atomic E-state index is 5.38. The number of rotatable bonds is 3. The van der Waals surface area contributed by atoms with Crippen LogP contribution in [0.25, 0.3) is 11.3 Å². The molecule has 0 saturated carbocycles. The Kier molecular flexibility index (Phi) is 3.19. The van der Waals surface area contributed by atoms with E-state index in [0.717, 1.165) is 11.3 Å². The number of hydrogen-bond acceptors (Lipinski definition) is 1. The van der Waals surface area contributed by atoms with Gasteiger partial charge in [0.05, 0.1) is 6.26 Å². The van der Waals surface area contributed by atoms with E-state index in [9.17, 15) is 0 Å². The Bertz CT molecular complexity index is 487. The van der Waals surface area contributed by atoms with E-state index in [1.807, 2.05) is 12.1 Å². The molecule has 2 rings (SSSR count). The number of furan rings is 1. The monoisotopic (exact) mass is 226 g/mol. The van der Waals surface area contributed by atoms with Crippen molar-refractivity contribution < 1.29 is 4.42 Å². The summed E-state index contributed by atoms with van der Waals surface area (Å²) in [5.41, 5.74) is 2.51. The Labute approximate surface area is 103 Å². The molecule has 17 heavy (non-hydrogen) atoms. The summed E-state index contributed by atoms with van der Waals surface area (Å²) in [6.45, 7) is 6.49. The second-order valence-electron chi connectivity index (χ2n) is 4.78. The fraction of sp³-hybridized carbons (Fsp3) is 0.250. The van der Waals surface area contributed by atoms with Gasteiger partial charge in [-0.25, -0.2) is 0 Å². The highest BCUT2D eigenvalue weighted by molar-refractivity contribution is 5.58. The molecule has 0 N–H and O–H groups in total. The molecular formula is C16H18O. The van der Waals surface area contributed by atoms with Crippen molar-refractivity contribution in [1.82, 2.24) is 0 Å². The highest BCUT2D eigenvalue weighted by Gasteiger charge is 2.16. The van der Waals surface area contributed by atoms with Gasteiger partial charge in [-0.1, -0.05) is 50.3 Å². The molecule has 1 heteroatoms. The molecule has 1 aromatic carbocycles. The Hall–Kier alpha value is -1.76. The van der Waals surface area contributed by atoms with Gasteiger partial charge in [0.15, 0.2) is 0 Å². The lowest BCUT2D eigenvalue weighted by Crippen LogP contribution is -2.12. The van der Waals surface area contributed by atoms with Crippen LogP contribution >= 0.6 is 0 Å². The van der Waals surface area contributed by atoms with Crippen molar-refractivity contribution in [2.75, 3.05) is 0 Å². The standard InChI is InChI=1S/C16H18O/c1-4-11-16(2,3)14-9-7-13(8-10-14)15-6-5-12-17-15/h4-12H,1-3H3. The SMILES string of the molecule is CC=CC(C)(C)c1ccc(-c2ccco2)cc1. The summed E-state index contributed by atoms with van der Waals surface area (Å²) in [6.07, 6.45) is 6.02. The van der Waals surface area contributed by atoms with Crippen molar-refractivity contribution in [3.63, 3.8) is 0 Å². The average molecular weight is 226 g/mol. The summed E-state index contributed by atoms with van der Waals surface area (Å²) in [5.74, 6) is 0.917. The first-order valence-electron chi connectivity index (χ1n) is 5.92. The highest BCUT2D eigenvalue weighted by atomic mass is 16.3. The van der Waals surface area contributed by atoms with Gasteiger partial charge in [0, 0.05) is 11.0 Å². The fourth-order valence-corrected chi connectivity index (χ4v) is 2.02. The molecule has 0 radical (unpaired) electrons. The minimum absolute atomic E-state index is 0.0798. The second-order valence-corrected chi connectivity index (χ2v) is 4.78. The van der Waals surface area contributed by atoms with Gasteiger partial charge in [-0.3, -0.25) is 0 Å². The smallest absolute Gasteiger partial charge is 0.133 e. The first kappa shape index (κ1) is 11.7. The number of benzene rings is 1. The van der Waals surface area contributed by atoms with Crippen LogP contribution in [0.2, 0.25) is 0 Å². The zero-order valence-corrected chi connectivity index (χ0v) is 10.6. The Morgan fingerprint density at radius 2 is 1.76 bits per heavy atom. The molecule has 0 aliphatic rings. The molecule has 0 fully saturated rings. The van der Waals surface area contributed by atoms with Gasteiger partial charge >= 0.3 is 0 Å². The third-order valence-electron chi connectivity index (χ3n) is 3.02. The van der Waals surface area contributed by atoms with Gasteiger partial charge in [-0.05, 0) is 24.6 Å². The van der Waals surface area contributed by atoms with E-state index >= 15 is 0 Å². The quantitative estimate of drug-likeness (QED) is 0.685. The maximum atomic E-state index is 5.38. The van der Waals surface area contributed by atoms with Crippen molar-refractivity contribution >= 4 is 0 Å². The Morgan fingerprint density at radius 3 is 2.29 bits per heavy atom. The second kappa shape index (κ2) is 4.62. The summed E-state index contributed by atoms with van der Waals surface area (Å²) < 4.78 is 5.38. The third kappa shape index (κ3) is 2.50. The highest BCUT2D eigenvalue weighted by Crippen LogP contribution is 2.27. The minimum Gasteiger partial charge on any atom is -0.464 e. The number of hydrogen-bond donors (Lipinski definition) is 0. The van der Waals surface area contributed by atoms with E-state index in [0.29, 0.717) is 0 Å². The Morgan fingerprint density at radius 1 is 1.06 bits per heavy atom. The van der Waals surface area contributed by atoms with Crippen LogP contribution in [0.15, 0.2) is 59.2 Å². The van der Waals surface area contributed by atoms with Crippen molar-refractivity contribution in [1.29, 1.82) is 0 Å². The van der Waals surface area contributed by atoms with E-state index in [1.54, 1.807) is 6.26 Å². The molecule has 0 unspecified atom stereocenters. The van der Waals surface area contributed by atoms with Gasteiger partial charge in [0.2, 0.25) is 0 Å². The lowest BCUT2D eigenvalue weighted by Gasteiger charge is -2.21. The third-order valence-corrected chi connectivity index (χ3v) is 3.02. The van der Waals surface area contributed by atoms with E-state index in [4.69, 9.17) is 4.42 Å². The van der Waals surface area contributed by atoms with Crippen LogP contribution in [0.5, 0.6) is 0 Å². The summed E-state index contributed by atoms with van der Waals surface area (Å²) in [5, 5.41) is 0. The van der Waals surface area contributed by atoms with Gasteiger partial charge in [0.1, 0.15) is 5.76 Å². The van der Waals surface area contributed by atoms with Crippen molar-refractivity contribution in [3.05, 3.63) is 60.4 Å². The van der Waals surface area contributed by atoms with Crippen LogP contribution in [0.4, 0.5) is 0 Å². The summed E-state index contributed by atoms with van der Waals surface area (Å²) in [6, 6.07) is 12.4. The molecule has 1 aromatic heterocycles. The van der Waals surface area contributed by atoms with Gasteiger partial charge in [0.25, 0.3) is 0 Å². The molecule has 2 aromatic rings. The molecule has 0 atom stereocenters. The van der Waals surface area contributed by atoms with Crippen molar-refractivity contribution in [3.8, 4) is 11.3 Å². The van der Waals surface area contributed by atoms with Crippen molar-refractivity contribution in [2.45, 2.75) is 26.2 Å². The van der Waals surface area contributed by atoms with Crippen LogP contribution in [0, 0.1) is 0 Å². The molecule has 0 saturated heterocycles. The zero-order valence-electron chi connectivity index (χ0n) is 10.6. The summed E-state index contributed by atoms with van der Waals surface area (Å²) >= 11 is 0. The van der Waals surface area contributed by atoms with Crippen LogP contribution < -0.4 is 0 Å². The summed E-state index contributed by atoms with van der Waals surface area (Å²) in [4.78, 5) is 0. The average Bonchev–Trinajstić information content (AvgIpc) is 2.82. The molecule has 0 bridgehead atoms. The maximum Gasteiger partial charge on any atom is 0.133 e. The molecule has 1 nitrogen and oxygen atoms in total. The topological polar surface area (TPSA) is 13.1 Å². The first-order chi connectivity index (χ1) is 8.13. The van der Waals surface area contributed by atoms with E-state index in [1.165, 1.54) is 5.56 Å². The van der Waals surface area contributed by atoms with Gasteiger partial charge in [-0.2, -0.15) is 0 Å².